The van der Waals surface area contributed by atoms with Gasteiger partial charge in [0, 0.05) is 6.61 Å². The monoisotopic (exact) mass is 414 g/mol. The van der Waals surface area contributed by atoms with E-state index in [-0.39, 0.29) is 5.04 Å². The molecule has 1 rings (SSSR count). The van der Waals surface area contributed by atoms with Gasteiger partial charge in [0.05, 0.1) is 14.2 Å². The Bertz CT molecular complexity index is 570. The fraction of sp³-hybridized carbons (Fsp3) is 0.810. The highest BCUT2D eigenvalue weighted by atomic mass is 28.4. The van der Waals surface area contributed by atoms with Crippen LogP contribution in [0.4, 0.5) is 0 Å². The molecule has 0 bridgehead atoms. The Morgan fingerprint density at radius 3 is 2.22 bits per heavy atom. The van der Waals surface area contributed by atoms with Gasteiger partial charge in [-0.05, 0) is 55.5 Å². The standard InChI is InChI=1S/C21H42O4Si2/c1-16(11-10-14-25-27(8,9)20(2,3)4)21(24)17(15-26(5,6)7)12-13-18(22)19(21)23/h11,15,18-19,22-24H,10,12-14H2,1-9H3/b16-11+,17-15+/t18-,19-,21+/m1/s1. The van der Waals surface area contributed by atoms with Gasteiger partial charge >= 0.3 is 0 Å². The summed E-state index contributed by atoms with van der Waals surface area (Å²) in [7, 11) is -3.37. The van der Waals surface area contributed by atoms with Gasteiger partial charge in [-0.25, -0.2) is 0 Å². The zero-order valence-corrected chi connectivity index (χ0v) is 20.9. The maximum absolute atomic E-state index is 11.4. The zero-order chi connectivity index (χ0) is 21.3. The molecule has 1 fully saturated rings. The van der Waals surface area contributed by atoms with Crippen molar-refractivity contribution in [2.24, 2.45) is 0 Å². The van der Waals surface area contributed by atoms with Crippen LogP contribution >= 0.6 is 0 Å². The summed E-state index contributed by atoms with van der Waals surface area (Å²) < 4.78 is 6.21. The Morgan fingerprint density at radius 1 is 1.19 bits per heavy atom. The van der Waals surface area contributed by atoms with Crippen LogP contribution in [0.5, 0.6) is 0 Å². The molecule has 27 heavy (non-hydrogen) atoms. The fourth-order valence-corrected chi connectivity index (χ4v) is 5.74. The van der Waals surface area contributed by atoms with Gasteiger partial charge < -0.3 is 19.7 Å². The minimum Gasteiger partial charge on any atom is -0.417 e. The summed E-state index contributed by atoms with van der Waals surface area (Å²) in [5.74, 6) is 0. The smallest absolute Gasteiger partial charge is 0.191 e. The molecule has 1 aliphatic rings. The van der Waals surface area contributed by atoms with E-state index in [0.29, 0.717) is 31.4 Å². The van der Waals surface area contributed by atoms with Crippen molar-refractivity contribution in [1.82, 2.24) is 0 Å². The molecular formula is C21H42O4Si2. The van der Waals surface area contributed by atoms with Crippen molar-refractivity contribution in [3.8, 4) is 0 Å². The number of hydrogen-bond donors (Lipinski definition) is 3. The molecule has 3 atom stereocenters. The van der Waals surface area contributed by atoms with E-state index in [1.807, 2.05) is 13.0 Å². The summed E-state index contributed by atoms with van der Waals surface area (Å²) in [4.78, 5) is 0. The first kappa shape index (κ1) is 24.8. The molecule has 4 nitrogen and oxygen atoms in total. The van der Waals surface area contributed by atoms with E-state index in [1.165, 1.54) is 0 Å². The molecule has 0 aromatic rings. The average Bonchev–Trinajstić information content (AvgIpc) is 2.49. The van der Waals surface area contributed by atoms with Crippen LogP contribution in [0.15, 0.2) is 22.9 Å². The lowest BCUT2D eigenvalue weighted by atomic mass is 9.72. The predicted molar refractivity (Wildman–Crippen MR) is 119 cm³/mol. The molecule has 0 heterocycles. The molecule has 1 saturated carbocycles. The van der Waals surface area contributed by atoms with E-state index < -0.39 is 34.2 Å². The van der Waals surface area contributed by atoms with Crippen LogP contribution in [0, 0.1) is 0 Å². The molecule has 0 aromatic carbocycles. The highest BCUT2D eigenvalue weighted by Crippen LogP contribution is 2.40. The van der Waals surface area contributed by atoms with Gasteiger partial charge in [-0.2, -0.15) is 0 Å². The highest BCUT2D eigenvalue weighted by Gasteiger charge is 2.47. The molecule has 0 aliphatic heterocycles. The Hall–Kier alpha value is -0.246. The largest absolute Gasteiger partial charge is 0.417 e. The van der Waals surface area contributed by atoms with Crippen LogP contribution in [-0.4, -0.2) is 56.1 Å². The van der Waals surface area contributed by atoms with E-state index >= 15 is 0 Å². The summed E-state index contributed by atoms with van der Waals surface area (Å²) in [6.45, 7) is 20.2. The van der Waals surface area contributed by atoms with E-state index in [9.17, 15) is 15.3 Å². The lowest BCUT2D eigenvalue weighted by Crippen LogP contribution is -2.55. The van der Waals surface area contributed by atoms with Crippen LogP contribution in [0.3, 0.4) is 0 Å². The molecule has 0 aromatic heterocycles. The van der Waals surface area contributed by atoms with Crippen molar-refractivity contribution in [2.45, 2.75) is 103 Å². The van der Waals surface area contributed by atoms with Crippen LogP contribution in [0.25, 0.3) is 0 Å². The van der Waals surface area contributed by atoms with Crippen LogP contribution in [0.1, 0.15) is 47.0 Å². The Balaban J connectivity index is 2.99. The van der Waals surface area contributed by atoms with Gasteiger partial charge in [0.2, 0.25) is 0 Å². The van der Waals surface area contributed by atoms with Crippen molar-refractivity contribution >= 4 is 16.4 Å². The molecule has 6 heteroatoms. The van der Waals surface area contributed by atoms with E-state index in [1.54, 1.807) is 0 Å². The fourth-order valence-electron chi connectivity index (χ4n) is 3.27. The van der Waals surface area contributed by atoms with Crippen molar-refractivity contribution in [1.29, 1.82) is 0 Å². The van der Waals surface area contributed by atoms with E-state index in [4.69, 9.17) is 4.43 Å². The molecule has 0 saturated heterocycles. The molecule has 0 unspecified atom stereocenters. The second-order valence-electron chi connectivity index (χ2n) is 10.6. The third kappa shape index (κ3) is 6.11. The third-order valence-corrected chi connectivity index (χ3v) is 11.8. The first-order chi connectivity index (χ1) is 12.0. The Kier molecular flexibility index (Phi) is 7.93. The summed E-state index contributed by atoms with van der Waals surface area (Å²) >= 11 is 0. The zero-order valence-electron chi connectivity index (χ0n) is 18.9. The van der Waals surface area contributed by atoms with Gasteiger partial charge in [-0.3, -0.25) is 0 Å². The van der Waals surface area contributed by atoms with Crippen LogP contribution in [0.2, 0.25) is 37.8 Å². The van der Waals surface area contributed by atoms with Gasteiger partial charge in [-0.1, -0.05) is 52.2 Å². The van der Waals surface area contributed by atoms with Gasteiger partial charge in [0.1, 0.15) is 11.7 Å². The number of aliphatic hydroxyl groups is 3. The Labute approximate surface area is 168 Å². The minimum atomic E-state index is -1.79. The molecule has 158 valence electrons. The SMILES string of the molecule is C/C(=C\CCO[Si](C)(C)C(C)(C)C)[C@]1(O)/C(=C/[Si](C)(C)C)CC[C@@H](O)[C@H]1O. The summed E-state index contributed by atoms with van der Waals surface area (Å²) in [5, 5.41) is 32.4. The van der Waals surface area contributed by atoms with Crippen molar-refractivity contribution in [2.75, 3.05) is 6.61 Å². The number of rotatable bonds is 6. The van der Waals surface area contributed by atoms with Gasteiger partial charge in [0.15, 0.2) is 8.32 Å². The van der Waals surface area contributed by atoms with E-state index in [0.717, 1.165) is 5.57 Å². The van der Waals surface area contributed by atoms with Crippen molar-refractivity contribution in [3.63, 3.8) is 0 Å². The van der Waals surface area contributed by atoms with Crippen LogP contribution in [-0.2, 0) is 4.43 Å². The molecular weight excluding hydrogens is 372 g/mol. The summed E-state index contributed by atoms with van der Waals surface area (Å²) in [5.41, 5.74) is 2.26. The normalized spacial score (nSPS) is 30.1. The molecule has 0 spiro atoms. The number of hydrogen-bond acceptors (Lipinski definition) is 4. The highest BCUT2D eigenvalue weighted by molar-refractivity contribution is 6.81. The first-order valence-corrected chi connectivity index (χ1v) is 16.6. The maximum atomic E-state index is 11.4. The van der Waals surface area contributed by atoms with E-state index in [2.05, 4.69) is 59.2 Å². The predicted octanol–water partition coefficient (Wildman–Crippen LogP) is 4.40. The summed E-state index contributed by atoms with van der Waals surface area (Å²) in [6, 6.07) is 0. The molecule has 3 N–H and O–H groups in total. The van der Waals surface area contributed by atoms with Gasteiger partial charge in [0.25, 0.3) is 0 Å². The van der Waals surface area contributed by atoms with Crippen molar-refractivity contribution in [3.05, 3.63) is 22.9 Å². The lowest BCUT2D eigenvalue weighted by molar-refractivity contribution is -0.104. The topological polar surface area (TPSA) is 69.9 Å². The summed E-state index contributed by atoms with van der Waals surface area (Å²) in [6.07, 6.45) is 1.66. The Morgan fingerprint density at radius 2 is 1.74 bits per heavy atom. The first-order valence-electron chi connectivity index (χ1n) is 10.1. The lowest BCUT2D eigenvalue weighted by Gasteiger charge is -2.43. The number of aliphatic hydroxyl groups excluding tert-OH is 2. The second-order valence-corrected chi connectivity index (χ2v) is 20.5. The molecule has 0 radical (unpaired) electrons. The maximum Gasteiger partial charge on any atom is 0.191 e. The van der Waals surface area contributed by atoms with Crippen molar-refractivity contribution < 1.29 is 19.7 Å². The molecule has 0 amide bonds. The van der Waals surface area contributed by atoms with Crippen LogP contribution < -0.4 is 0 Å². The quantitative estimate of drug-likeness (QED) is 0.342. The average molecular weight is 415 g/mol. The third-order valence-electron chi connectivity index (χ3n) is 6.04. The van der Waals surface area contributed by atoms with Gasteiger partial charge in [-0.15, -0.1) is 0 Å². The molecule has 1 aliphatic carbocycles. The second kappa shape index (κ2) is 8.63. The minimum absolute atomic E-state index is 0.168.